The Kier molecular flexibility index (Phi) is 5.39. The molecule has 0 heterocycles. The molecule has 2 aromatic carbocycles. The van der Waals surface area contributed by atoms with Crippen LogP contribution in [0, 0.1) is 0 Å². The van der Waals surface area contributed by atoms with Crippen molar-refractivity contribution in [1.82, 2.24) is 0 Å². The van der Waals surface area contributed by atoms with E-state index in [-0.39, 0.29) is 5.78 Å². The Labute approximate surface area is 127 Å². The topological polar surface area (TPSA) is 29.4 Å². The zero-order valence-corrected chi connectivity index (χ0v) is 12.6. The van der Waals surface area contributed by atoms with Crippen LogP contribution < -0.4 is 0 Å². The molecule has 2 nitrogen and oxygen atoms in total. The van der Waals surface area contributed by atoms with Crippen LogP contribution in [0.4, 0.5) is 5.69 Å². The van der Waals surface area contributed by atoms with Gasteiger partial charge in [-0.15, -0.1) is 11.8 Å². The maximum atomic E-state index is 12.2. The van der Waals surface area contributed by atoms with Gasteiger partial charge in [-0.25, -0.2) is 4.99 Å². The number of hydrogen-bond donors (Lipinski definition) is 0. The second kappa shape index (κ2) is 7.27. The second-order valence-corrected chi connectivity index (χ2v) is 5.47. The first-order chi connectivity index (χ1) is 9.69. The fraction of sp³-hybridized carbons (Fsp3) is 0.125. The number of benzene rings is 2. The predicted octanol–water partition coefficient (Wildman–Crippen LogP) is 5.01. The molecule has 0 atom stereocenters. The van der Waals surface area contributed by atoms with Crippen LogP contribution in [0.25, 0.3) is 0 Å². The summed E-state index contributed by atoms with van der Waals surface area (Å²) in [7, 11) is 0. The number of halogens is 1. The Hall–Kier alpha value is -1.58. The van der Waals surface area contributed by atoms with E-state index in [4.69, 9.17) is 11.6 Å². The molecule has 0 aliphatic carbocycles. The Morgan fingerprint density at radius 1 is 1.10 bits per heavy atom. The van der Waals surface area contributed by atoms with Gasteiger partial charge in [-0.1, -0.05) is 29.8 Å². The molecule has 0 amide bonds. The molecule has 0 radical (unpaired) electrons. The third kappa shape index (κ3) is 4.22. The van der Waals surface area contributed by atoms with Crippen molar-refractivity contribution in [2.24, 2.45) is 4.99 Å². The molecule has 0 saturated heterocycles. The van der Waals surface area contributed by atoms with Crippen molar-refractivity contribution in [2.75, 3.05) is 6.26 Å². The van der Waals surface area contributed by atoms with Gasteiger partial charge in [0.15, 0.2) is 5.78 Å². The van der Waals surface area contributed by atoms with Crippen LogP contribution in [0.15, 0.2) is 59.6 Å². The number of rotatable bonds is 4. The summed E-state index contributed by atoms with van der Waals surface area (Å²) in [5.74, 6) is 0.0469. The lowest BCUT2D eigenvalue weighted by Crippen LogP contribution is -2.05. The molecule has 102 valence electrons. The molecule has 0 saturated carbocycles. The summed E-state index contributed by atoms with van der Waals surface area (Å²) in [5.41, 5.74) is 1.52. The standard InChI is InChI=1S/C16H14ClNOS/c1-20-16(18-14-5-3-2-4-6-14)11-15(19)12-7-9-13(17)10-8-12/h2-10H,11H2,1H3. The summed E-state index contributed by atoms with van der Waals surface area (Å²) in [5, 5.41) is 1.43. The van der Waals surface area contributed by atoms with Gasteiger partial charge in [-0.05, 0) is 42.7 Å². The molecule has 20 heavy (non-hydrogen) atoms. The summed E-state index contributed by atoms with van der Waals surface area (Å²) >= 11 is 7.31. The van der Waals surface area contributed by atoms with Crippen LogP contribution >= 0.6 is 23.4 Å². The first-order valence-corrected chi connectivity index (χ1v) is 7.74. The predicted molar refractivity (Wildman–Crippen MR) is 87.5 cm³/mol. The number of para-hydroxylation sites is 1. The first kappa shape index (κ1) is 14.8. The Bertz CT molecular complexity index is 608. The molecular weight excluding hydrogens is 290 g/mol. The minimum atomic E-state index is 0.0469. The summed E-state index contributed by atoms with van der Waals surface area (Å²) in [6.07, 6.45) is 2.23. The summed E-state index contributed by atoms with van der Waals surface area (Å²) in [4.78, 5) is 16.7. The Morgan fingerprint density at radius 3 is 2.35 bits per heavy atom. The van der Waals surface area contributed by atoms with E-state index in [1.54, 1.807) is 24.3 Å². The third-order valence-electron chi connectivity index (χ3n) is 2.72. The van der Waals surface area contributed by atoms with Gasteiger partial charge in [0.05, 0.1) is 17.2 Å². The first-order valence-electron chi connectivity index (χ1n) is 6.14. The zero-order valence-electron chi connectivity index (χ0n) is 11.0. The van der Waals surface area contributed by atoms with Gasteiger partial charge in [0.25, 0.3) is 0 Å². The molecule has 0 unspecified atom stereocenters. The highest BCUT2D eigenvalue weighted by Crippen LogP contribution is 2.18. The molecular formula is C16H14ClNOS. The van der Waals surface area contributed by atoms with E-state index in [0.717, 1.165) is 10.7 Å². The SMILES string of the molecule is CSC(CC(=O)c1ccc(Cl)cc1)=Nc1ccccc1. The van der Waals surface area contributed by atoms with E-state index < -0.39 is 0 Å². The highest BCUT2D eigenvalue weighted by molar-refractivity contribution is 8.13. The number of nitrogens with zero attached hydrogens (tertiary/aromatic N) is 1. The van der Waals surface area contributed by atoms with Gasteiger partial charge in [-0.3, -0.25) is 4.79 Å². The Balaban J connectivity index is 2.12. The van der Waals surface area contributed by atoms with E-state index in [1.807, 2.05) is 36.6 Å². The maximum absolute atomic E-state index is 12.2. The average Bonchev–Trinajstić information content (AvgIpc) is 2.48. The van der Waals surface area contributed by atoms with Crippen molar-refractivity contribution in [3.8, 4) is 0 Å². The monoisotopic (exact) mass is 303 g/mol. The van der Waals surface area contributed by atoms with Crippen LogP contribution in [-0.2, 0) is 0 Å². The van der Waals surface area contributed by atoms with E-state index >= 15 is 0 Å². The number of aliphatic imine (C=N–C) groups is 1. The fourth-order valence-electron chi connectivity index (χ4n) is 1.68. The van der Waals surface area contributed by atoms with Gasteiger partial charge in [0.2, 0.25) is 0 Å². The molecule has 0 spiro atoms. The molecule has 0 fully saturated rings. The molecule has 0 bridgehead atoms. The lowest BCUT2D eigenvalue weighted by Gasteiger charge is -2.04. The van der Waals surface area contributed by atoms with E-state index in [0.29, 0.717) is 17.0 Å². The highest BCUT2D eigenvalue weighted by Gasteiger charge is 2.09. The third-order valence-corrected chi connectivity index (χ3v) is 3.68. The lowest BCUT2D eigenvalue weighted by molar-refractivity contribution is 0.100. The van der Waals surface area contributed by atoms with E-state index in [1.165, 1.54) is 11.8 Å². The highest BCUT2D eigenvalue weighted by atomic mass is 35.5. The van der Waals surface area contributed by atoms with Crippen LogP contribution in [0.3, 0.4) is 0 Å². The molecule has 0 N–H and O–H groups in total. The number of ketones is 1. The van der Waals surface area contributed by atoms with Crippen molar-refractivity contribution in [1.29, 1.82) is 0 Å². The van der Waals surface area contributed by atoms with E-state index in [9.17, 15) is 4.79 Å². The summed E-state index contributed by atoms with van der Waals surface area (Å²) in [6.45, 7) is 0. The molecule has 4 heteroatoms. The molecule has 0 aliphatic heterocycles. The van der Waals surface area contributed by atoms with Crippen LogP contribution in [-0.4, -0.2) is 17.1 Å². The van der Waals surface area contributed by atoms with Crippen molar-refractivity contribution in [2.45, 2.75) is 6.42 Å². The smallest absolute Gasteiger partial charge is 0.169 e. The van der Waals surface area contributed by atoms with Gasteiger partial charge < -0.3 is 0 Å². The normalized spacial score (nSPS) is 11.4. The van der Waals surface area contributed by atoms with Gasteiger partial charge in [-0.2, -0.15) is 0 Å². The lowest BCUT2D eigenvalue weighted by atomic mass is 10.1. The van der Waals surface area contributed by atoms with Crippen molar-refractivity contribution >= 4 is 39.9 Å². The zero-order chi connectivity index (χ0) is 14.4. The minimum Gasteiger partial charge on any atom is -0.294 e. The van der Waals surface area contributed by atoms with Gasteiger partial charge in [0, 0.05) is 10.6 Å². The second-order valence-electron chi connectivity index (χ2n) is 4.15. The number of thioether (sulfide) groups is 1. The Morgan fingerprint density at radius 2 is 1.75 bits per heavy atom. The van der Waals surface area contributed by atoms with Gasteiger partial charge >= 0.3 is 0 Å². The molecule has 0 aromatic heterocycles. The quantitative estimate of drug-likeness (QED) is 0.451. The van der Waals surface area contributed by atoms with Gasteiger partial charge in [0.1, 0.15) is 0 Å². The minimum absolute atomic E-state index is 0.0469. The van der Waals surface area contributed by atoms with Crippen molar-refractivity contribution < 1.29 is 4.79 Å². The molecule has 0 aliphatic rings. The summed E-state index contributed by atoms with van der Waals surface area (Å²) in [6, 6.07) is 16.6. The molecule has 2 aromatic rings. The number of carbonyl (C=O) groups is 1. The fourth-order valence-corrected chi connectivity index (χ4v) is 2.28. The number of Topliss-reactive ketones (excluding diaryl/α,β-unsaturated/α-hetero) is 1. The van der Waals surface area contributed by atoms with Crippen LogP contribution in [0.2, 0.25) is 5.02 Å². The van der Waals surface area contributed by atoms with Crippen LogP contribution in [0.1, 0.15) is 16.8 Å². The van der Waals surface area contributed by atoms with Crippen molar-refractivity contribution in [3.05, 3.63) is 65.2 Å². The van der Waals surface area contributed by atoms with Crippen LogP contribution in [0.5, 0.6) is 0 Å². The number of carbonyl (C=O) groups excluding carboxylic acids is 1. The number of hydrogen-bond acceptors (Lipinski definition) is 3. The van der Waals surface area contributed by atoms with E-state index in [2.05, 4.69) is 4.99 Å². The molecule has 2 rings (SSSR count). The maximum Gasteiger partial charge on any atom is 0.169 e. The largest absolute Gasteiger partial charge is 0.294 e. The summed E-state index contributed by atoms with van der Waals surface area (Å²) < 4.78 is 0. The average molecular weight is 304 g/mol. The van der Waals surface area contributed by atoms with Crippen molar-refractivity contribution in [3.63, 3.8) is 0 Å².